The van der Waals surface area contributed by atoms with Crippen molar-refractivity contribution in [2.75, 3.05) is 33.4 Å². The lowest BCUT2D eigenvalue weighted by Crippen LogP contribution is -2.32. The fraction of sp³-hybridized carbons (Fsp3) is 0.600. The van der Waals surface area contributed by atoms with Crippen LogP contribution in [0.15, 0.2) is 24.3 Å². The van der Waals surface area contributed by atoms with Crippen molar-refractivity contribution in [3.63, 3.8) is 0 Å². The minimum absolute atomic E-state index is 0.433. The van der Waals surface area contributed by atoms with E-state index in [9.17, 15) is 0 Å². The summed E-state index contributed by atoms with van der Waals surface area (Å²) in [7, 11) is 1.66. The van der Waals surface area contributed by atoms with Gasteiger partial charge >= 0.3 is 0 Å². The summed E-state index contributed by atoms with van der Waals surface area (Å²) < 4.78 is 16.6. The van der Waals surface area contributed by atoms with E-state index in [1.807, 2.05) is 24.3 Å². The Balaban J connectivity index is 1.55. The van der Waals surface area contributed by atoms with Gasteiger partial charge in [-0.05, 0) is 50.2 Å². The van der Waals surface area contributed by atoms with Gasteiger partial charge in [-0.2, -0.15) is 0 Å². The van der Waals surface area contributed by atoms with Crippen LogP contribution in [0.25, 0.3) is 0 Å². The van der Waals surface area contributed by atoms with Crippen molar-refractivity contribution < 1.29 is 14.2 Å². The van der Waals surface area contributed by atoms with Gasteiger partial charge < -0.3 is 19.5 Å². The first-order valence-corrected chi connectivity index (χ1v) is 6.97. The smallest absolute Gasteiger partial charge is 0.119 e. The highest BCUT2D eigenvalue weighted by molar-refractivity contribution is 5.31. The molecule has 2 rings (SSSR count). The molecule has 1 aromatic rings. The Morgan fingerprint density at radius 3 is 2.42 bits per heavy atom. The molecule has 4 heteroatoms. The lowest BCUT2D eigenvalue weighted by Gasteiger charge is -2.22. The van der Waals surface area contributed by atoms with Gasteiger partial charge in [0.25, 0.3) is 0 Å². The summed E-state index contributed by atoms with van der Waals surface area (Å²) in [6.07, 6.45) is 3.61. The Kier molecular flexibility index (Phi) is 5.98. The predicted octanol–water partition coefficient (Wildman–Crippen LogP) is 2.23. The molecule has 1 aromatic carbocycles. The van der Waals surface area contributed by atoms with Gasteiger partial charge in [-0.3, -0.25) is 0 Å². The number of nitrogens with one attached hydrogen (secondary N) is 1. The number of methoxy groups -OCH3 is 1. The molecule has 1 aliphatic rings. The maximum atomic E-state index is 5.82. The van der Waals surface area contributed by atoms with Crippen LogP contribution in [0.1, 0.15) is 19.3 Å². The van der Waals surface area contributed by atoms with E-state index in [4.69, 9.17) is 14.2 Å². The first-order valence-electron chi connectivity index (χ1n) is 6.97. The number of rotatable bonds is 7. The molecule has 1 aliphatic heterocycles. The molecule has 1 fully saturated rings. The number of piperidine rings is 1. The van der Waals surface area contributed by atoms with E-state index in [1.165, 1.54) is 0 Å². The Morgan fingerprint density at radius 2 is 1.74 bits per heavy atom. The molecular weight excluding hydrogens is 242 g/mol. The molecule has 0 aliphatic carbocycles. The fourth-order valence-corrected chi connectivity index (χ4v) is 2.13. The highest BCUT2D eigenvalue weighted by Crippen LogP contribution is 2.17. The summed E-state index contributed by atoms with van der Waals surface area (Å²) in [6.45, 7) is 3.62. The standard InChI is InChI=1S/C15H23NO3/c1-17-13-3-5-14(6-4-13)18-11-2-12-19-15-7-9-16-10-8-15/h3-6,15-16H,2,7-12H2,1H3. The van der Waals surface area contributed by atoms with E-state index in [1.54, 1.807) is 7.11 Å². The van der Waals surface area contributed by atoms with Crippen LogP contribution in [0.3, 0.4) is 0 Å². The molecule has 0 radical (unpaired) electrons. The van der Waals surface area contributed by atoms with Gasteiger partial charge in [-0.25, -0.2) is 0 Å². The van der Waals surface area contributed by atoms with Gasteiger partial charge in [0.1, 0.15) is 11.5 Å². The second kappa shape index (κ2) is 8.02. The van der Waals surface area contributed by atoms with Crippen LogP contribution in [0.5, 0.6) is 11.5 Å². The van der Waals surface area contributed by atoms with E-state index in [0.717, 1.165) is 50.5 Å². The number of ether oxygens (including phenoxy) is 3. The quantitative estimate of drug-likeness (QED) is 0.767. The van der Waals surface area contributed by atoms with Crippen molar-refractivity contribution in [2.45, 2.75) is 25.4 Å². The van der Waals surface area contributed by atoms with E-state index >= 15 is 0 Å². The molecule has 0 amide bonds. The summed E-state index contributed by atoms with van der Waals surface area (Å²) >= 11 is 0. The average Bonchev–Trinajstić information content (AvgIpc) is 2.49. The summed E-state index contributed by atoms with van der Waals surface area (Å²) in [5.41, 5.74) is 0. The molecule has 0 spiro atoms. The molecule has 1 saturated heterocycles. The second-order valence-electron chi connectivity index (χ2n) is 4.70. The molecule has 0 atom stereocenters. The zero-order chi connectivity index (χ0) is 13.3. The summed E-state index contributed by atoms with van der Waals surface area (Å²) in [6, 6.07) is 7.65. The maximum absolute atomic E-state index is 5.82. The molecule has 4 nitrogen and oxygen atoms in total. The average molecular weight is 265 g/mol. The van der Waals surface area contributed by atoms with Crippen LogP contribution in [0, 0.1) is 0 Å². The topological polar surface area (TPSA) is 39.7 Å². The Bertz CT molecular complexity index is 347. The van der Waals surface area contributed by atoms with E-state index < -0.39 is 0 Å². The minimum atomic E-state index is 0.433. The molecule has 1 N–H and O–H groups in total. The van der Waals surface area contributed by atoms with Crippen LogP contribution < -0.4 is 14.8 Å². The lowest BCUT2D eigenvalue weighted by molar-refractivity contribution is 0.0269. The fourth-order valence-electron chi connectivity index (χ4n) is 2.13. The molecule has 19 heavy (non-hydrogen) atoms. The van der Waals surface area contributed by atoms with Gasteiger partial charge in [0, 0.05) is 6.42 Å². The van der Waals surface area contributed by atoms with Gasteiger partial charge in [-0.15, -0.1) is 0 Å². The van der Waals surface area contributed by atoms with E-state index in [2.05, 4.69) is 5.32 Å². The van der Waals surface area contributed by atoms with Crippen LogP contribution in [-0.2, 0) is 4.74 Å². The third kappa shape index (κ3) is 5.09. The number of hydrogen-bond acceptors (Lipinski definition) is 4. The maximum Gasteiger partial charge on any atom is 0.119 e. The van der Waals surface area contributed by atoms with E-state index in [0.29, 0.717) is 12.7 Å². The molecular formula is C15H23NO3. The van der Waals surface area contributed by atoms with Crippen LogP contribution >= 0.6 is 0 Å². The molecule has 0 saturated carbocycles. The monoisotopic (exact) mass is 265 g/mol. The van der Waals surface area contributed by atoms with Crippen LogP contribution in [0.2, 0.25) is 0 Å². The van der Waals surface area contributed by atoms with Crippen molar-refractivity contribution in [2.24, 2.45) is 0 Å². The highest BCUT2D eigenvalue weighted by atomic mass is 16.5. The van der Waals surface area contributed by atoms with Crippen molar-refractivity contribution in [3.8, 4) is 11.5 Å². The third-order valence-electron chi connectivity index (χ3n) is 3.26. The first-order chi connectivity index (χ1) is 9.38. The Labute approximate surface area is 115 Å². The van der Waals surface area contributed by atoms with Gasteiger partial charge in [0.2, 0.25) is 0 Å². The molecule has 106 valence electrons. The third-order valence-corrected chi connectivity index (χ3v) is 3.26. The Morgan fingerprint density at radius 1 is 1.05 bits per heavy atom. The summed E-state index contributed by atoms with van der Waals surface area (Å²) in [5.74, 6) is 1.73. The van der Waals surface area contributed by atoms with Crippen molar-refractivity contribution in [3.05, 3.63) is 24.3 Å². The number of hydrogen-bond donors (Lipinski definition) is 1. The largest absolute Gasteiger partial charge is 0.497 e. The summed E-state index contributed by atoms with van der Waals surface area (Å²) in [5, 5.41) is 3.33. The molecule has 0 bridgehead atoms. The van der Waals surface area contributed by atoms with E-state index in [-0.39, 0.29) is 0 Å². The lowest BCUT2D eigenvalue weighted by atomic mass is 10.1. The van der Waals surface area contributed by atoms with Gasteiger partial charge in [0.15, 0.2) is 0 Å². The molecule has 1 heterocycles. The van der Waals surface area contributed by atoms with Crippen molar-refractivity contribution in [1.29, 1.82) is 0 Å². The Hall–Kier alpha value is -1.26. The van der Waals surface area contributed by atoms with Crippen molar-refractivity contribution in [1.82, 2.24) is 5.32 Å². The second-order valence-corrected chi connectivity index (χ2v) is 4.70. The minimum Gasteiger partial charge on any atom is -0.497 e. The zero-order valence-electron chi connectivity index (χ0n) is 11.6. The van der Waals surface area contributed by atoms with Gasteiger partial charge in [-0.1, -0.05) is 0 Å². The molecule has 0 aromatic heterocycles. The normalized spacial score (nSPS) is 16.3. The first kappa shape index (κ1) is 14.2. The van der Waals surface area contributed by atoms with Crippen LogP contribution in [0.4, 0.5) is 0 Å². The van der Waals surface area contributed by atoms with Gasteiger partial charge in [0.05, 0.1) is 26.4 Å². The zero-order valence-corrected chi connectivity index (χ0v) is 11.6. The summed E-state index contributed by atoms with van der Waals surface area (Å²) in [4.78, 5) is 0. The SMILES string of the molecule is COc1ccc(OCCCOC2CCNCC2)cc1. The number of benzene rings is 1. The van der Waals surface area contributed by atoms with Crippen LogP contribution in [-0.4, -0.2) is 39.5 Å². The molecule has 0 unspecified atom stereocenters. The predicted molar refractivity (Wildman–Crippen MR) is 74.9 cm³/mol. The van der Waals surface area contributed by atoms with Crippen molar-refractivity contribution >= 4 is 0 Å². The highest BCUT2D eigenvalue weighted by Gasteiger charge is 2.12.